The number of aromatic nitrogens is 1. The van der Waals surface area contributed by atoms with Crippen LogP contribution >= 0.6 is 0 Å². The van der Waals surface area contributed by atoms with Crippen molar-refractivity contribution in [2.45, 2.75) is 20.1 Å². The average molecular weight is 498 g/mol. The first-order chi connectivity index (χ1) is 18.1. The van der Waals surface area contributed by atoms with Crippen molar-refractivity contribution in [2.75, 3.05) is 40.0 Å². The van der Waals surface area contributed by atoms with Crippen LogP contribution in [-0.2, 0) is 13.2 Å². The van der Waals surface area contributed by atoms with E-state index < -0.39 is 0 Å². The molecule has 1 saturated heterocycles. The summed E-state index contributed by atoms with van der Waals surface area (Å²) in [5, 5.41) is 0. The Balaban J connectivity index is 1.22. The summed E-state index contributed by atoms with van der Waals surface area (Å²) >= 11 is 0. The smallest absolute Gasteiger partial charge is 0.233 e. The van der Waals surface area contributed by atoms with Crippen LogP contribution in [0.25, 0.3) is 22.4 Å². The summed E-state index contributed by atoms with van der Waals surface area (Å²) in [5.74, 6) is 3.81. The van der Waals surface area contributed by atoms with Gasteiger partial charge in [0.2, 0.25) is 12.7 Å². The maximum atomic E-state index is 6.30. The molecule has 0 unspecified atom stereocenters. The van der Waals surface area contributed by atoms with Crippen molar-refractivity contribution in [3.63, 3.8) is 0 Å². The van der Waals surface area contributed by atoms with Crippen molar-refractivity contribution in [3.05, 3.63) is 83.9 Å². The summed E-state index contributed by atoms with van der Waals surface area (Å²) in [6.45, 7) is 7.48. The molecule has 0 N–H and O–H groups in total. The Kier molecular flexibility index (Phi) is 6.55. The van der Waals surface area contributed by atoms with Gasteiger partial charge in [0.25, 0.3) is 0 Å². The fourth-order valence-corrected chi connectivity index (χ4v) is 4.89. The minimum Gasteiger partial charge on any atom is -0.484 e. The third kappa shape index (κ3) is 5.05. The lowest BCUT2D eigenvalue weighted by Gasteiger charge is -2.31. The van der Waals surface area contributed by atoms with Gasteiger partial charge >= 0.3 is 0 Å². The number of hydrogen-bond acceptors (Lipinski definition) is 7. The second-order valence-electron chi connectivity index (χ2n) is 9.61. The third-order valence-corrected chi connectivity index (χ3v) is 7.07. The molecule has 0 amide bonds. The Labute approximate surface area is 217 Å². The molecule has 4 aromatic rings. The van der Waals surface area contributed by atoms with Crippen LogP contribution in [0.5, 0.6) is 17.2 Å². The van der Waals surface area contributed by atoms with Crippen LogP contribution in [0.15, 0.2) is 71.1 Å². The third-order valence-electron chi connectivity index (χ3n) is 7.07. The predicted octanol–water partition coefficient (Wildman–Crippen LogP) is 5.37. The Morgan fingerprint density at radius 2 is 1.68 bits per heavy atom. The van der Waals surface area contributed by atoms with Crippen LogP contribution in [0.4, 0.5) is 0 Å². The molecule has 6 rings (SSSR count). The summed E-state index contributed by atoms with van der Waals surface area (Å²) in [6, 6.07) is 22.3. The molecule has 0 saturated carbocycles. The number of nitrogens with zero attached hydrogens (tertiary/aromatic N) is 3. The summed E-state index contributed by atoms with van der Waals surface area (Å²) in [5.41, 5.74) is 5.15. The quantitative estimate of drug-likeness (QED) is 0.340. The van der Waals surface area contributed by atoms with Crippen LogP contribution < -0.4 is 14.2 Å². The molecule has 2 aliphatic rings. The molecule has 0 radical (unpaired) electrons. The van der Waals surface area contributed by atoms with Gasteiger partial charge in [-0.05, 0) is 48.9 Å². The van der Waals surface area contributed by atoms with Gasteiger partial charge in [-0.2, -0.15) is 0 Å². The highest BCUT2D eigenvalue weighted by Crippen LogP contribution is 2.38. The number of piperazine rings is 1. The second kappa shape index (κ2) is 10.3. The number of ether oxygens (including phenoxy) is 3. The van der Waals surface area contributed by atoms with Gasteiger partial charge in [0, 0.05) is 31.7 Å². The SMILES string of the molecule is Cc1c(OCc2nc(-c3ccccc3)c(CN3CCN(C)CC3)o2)cccc1-c1ccc2c(c1)OCO2. The van der Waals surface area contributed by atoms with Gasteiger partial charge in [0.05, 0.1) is 6.54 Å². The van der Waals surface area contributed by atoms with Crippen molar-refractivity contribution in [3.8, 4) is 39.6 Å². The van der Waals surface area contributed by atoms with E-state index in [1.807, 2.05) is 48.5 Å². The maximum Gasteiger partial charge on any atom is 0.233 e. The van der Waals surface area contributed by atoms with E-state index in [0.717, 1.165) is 83.7 Å². The van der Waals surface area contributed by atoms with Crippen molar-refractivity contribution in [1.29, 1.82) is 0 Å². The summed E-state index contributed by atoms with van der Waals surface area (Å²) in [7, 11) is 2.17. The lowest BCUT2D eigenvalue weighted by molar-refractivity contribution is 0.138. The second-order valence-corrected chi connectivity index (χ2v) is 9.61. The van der Waals surface area contributed by atoms with Crippen LogP contribution in [0.2, 0.25) is 0 Å². The van der Waals surface area contributed by atoms with Crippen molar-refractivity contribution in [1.82, 2.24) is 14.8 Å². The first kappa shape index (κ1) is 23.6. The fourth-order valence-electron chi connectivity index (χ4n) is 4.89. The Morgan fingerprint density at radius 1 is 0.865 bits per heavy atom. The number of fused-ring (bicyclic) bond motifs is 1. The number of likely N-dealkylation sites (N-methyl/N-ethyl adjacent to an activating group) is 1. The first-order valence-electron chi connectivity index (χ1n) is 12.7. The molecular formula is C30H31N3O4. The van der Waals surface area contributed by atoms with Gasteiger partial charge < -0.3 is 23.5 Å². The van der Waals surface area contributed by atoms with Crippen LogP contribution in [-0.4, -0.2) is 54.8 Å². The van der Waals surface area contributed by atoms with Crippen molar-refractivity contribution in [2.24, 2.45) is 0 Å². The first-order valence-corrected chi connectivity index (χ1v) is 12.7. The minimum atomic E-state index is 0.258. The molecule has 7 nitrogen and oxygen atoms in total. The highest BCUT2D eigenvalue weighted by molar-refractivity contribution is 5.72. The van der Waals surface area contributed by atoms with E-state index >= 15 is 0 Å². The van der Waals surface area contributed by atoms with E-state index in [9.17, 15) is 0 Å². The maximum absolute atomic E-state index is 6.30. The van der Waals surface area contributed by atoms with E-state index in [0.29, 0.717) is 5.89 Å². The van der Waals surface area contributed by atoms with Crippen LogP contribution in [0, 0.1) is 6.92 Å². The van der Waals surface area contributed by atoms with E-state index in [1.165, 1.54) is 0 Å². The molecule has 1 fully saturated rings. The van der Waals surface area contributed by atoms with E-state index in [4.69, 9.17) is 23.6 Å². The molecule has 3 aromatic carbocycles. The van der Waals surface area contributed by atoms with E-state index in [2.05, 4.69) is 42.0 Å². The number of oxazole rings is 1. The monoisotopic (exact) mass is 497 g/mol. The van der Waals surface area contributed by atoms with E-state index in [1.54, 1.807) is 0 Å². The molecule has 0 atom stereocenters. The number of hydrogen-bond donors (Lipinski definition) is 0. The molecule has 3 heterocycles. The highest BCUT2D eigenvalue weighted by Gasteiger charge is 2.21. The molecule has 0 aliphatic carbocycles. The molecule has 37 heavy (non-hydrogen) atoms. The zero-order chi connectivity index (χ0) is 25.2. The fraction of sp³-hybridized carbons (Fsp3) is 0.300. The Morgan fingerprint density at radius 3 is 2.51 bits per heavy atom. The van der Waals surface area contributed by atoms with Gasteiger partial charge in [0.15, 0.2) is 18.1 Å². The molecule has 7 heteroatoms. The van der Waals surface area contributed by atoms with Crippen LogP contribution in [0.3, 0.4) is 0 Å². The summed E-state index contributed by atoms with van der Waals surface area (Å²) in [6.07, 6.45) is 0. The zero-order valence-corrected chi connectivity index (χ0v) is 21.3. The molecule has 190 valence electrons. The standard InChI is InChI=1S/C30H31N3O4/c1-21-24(23-11-12-26-27(17-23)36-20-35-26)9-6-10-25(21)34-19-29-31-30(22-7-4-3-5-8-22)28(37-29)18-33-15-13-32(2)14-16-33/h3-12,17H,13-16,18-20H2,1-2H3. The normalized spacial score (nSPS) is 15.7. The van der Waals surface area contributed by atoms with E-state index in [-0.39, 0.29) is 13.4 Å². The van der Waals surface area contributed by atoms with Gasteiger partial charge in [-0.3, -0.25) is 4.90 Å². The van der Waals surface area contributed by atoms with Gasteiger partial charge in [0.1, 0.15) is 17.2 Å². The number of rotatable bonds is 7. The Bertz CT molecular complexity index is 1380. The topological polar surface area (TPSA) is 60.2 Å². The highest BCUT2D eigenvalue weighted by atomic mass is 16.7. The summed E-state index contributed by atoms with van der Waals surface area (Å²) in [4.78, 5) is 9.65. The van der Waals surface area contributed by atoms with Gasteiger partial charge in [-0.15, -0.1) is 0 Å². The summed E-state index contributed by atoms with van der Waals surface area (Å²) < 4.78 is 23.6. The van der Waals surface area contributed by atoms with Crippen molar-refractivity contribution < 1.29 is 18.6 Å². The molecule has 2 aliphatic heterocycles. The number of benzene rings is 3. The predicted molar refractivity (Wildman–Crippen MR) is 142 cm³/mol. The lowest BCUT2D eigenvalue weighted by Crippen LogP contribution is -2.43. The largest absolute Gasteiger partial charge is 0.484 e. The molecule has 0 bridgehead atoms. The van der Waals surface area contributed by atoms with Gasteiger partial charge in [-0.25, -0.2) is 4.98 Å². The van der Waals surface area contributed by atoms with Crippen LogP contribution in [0.1, 0.15) is 17.2 Å². The zero-order valence-electron chi connectivity index (χ0n) is 21.3. The molecule has 0 spiro atoms. The molecule has 1 aromatic heterocycles. The lowest BCUT2D eigenvalue weighted by atomic mass is 9.99. The average Bonchev–Trinajstić information content (AvgIpc) is 3.56. The van der Waals surface area contributed by atoms with Gasteiger partial charge in [-0.1, -0.05) is 48.5 Å². The minimum absolute atomic E-state index is 0.258. The van der Waals surface area contributed by atoms with Crippen molar-refractivity contribution >= 4 is 0 Å². The Hall–Kier alpha value is -3.81. The molecular weight excluding hydrogens is 466 g/mol.